The van der Waals surface area contributed by atoms with Crippen molar-refractivity contribution in [3.8, 4) is 5.69 Å². The van der Waals surface area contributed by atoms with Crippen LogP contribution in [0.5, 0.6) is 0 Å². The summed E-state index contributed by atoms with van der Waals surface area (Å²) in [5, 5.41) is 0. The van der Waals surface area contributed by atoms with E-state index >= 15 is 0 Å². The Morgan fingerprint density at radius 3 is 2.46 bits per heavy atom. The number of aromatic nitrogens is 1. The number of hydrogen-bond donors (Lipinski definition) is 0. The van der Waals surface area contributed by atoms with Gasteiger partial charge in [-0.1, -0.05) is 31.2 Å². The number of carbonyl (C=O) groups excluding carboxylic acids is 1. The molecule has 0 aliphatic rings. The summed E-state index contributed by atoms with van der Waals surface area (Å²) in [5.74, 6) is 0.0516. The van der Waals surface area contributed by atoms with Gasteiger partial charge in [-0.05, 0) is 63.1 Å². The lowest BCUT2D eigenvalue weighted by molar-refractivity contribution is 0.101. The minimum atomic E-state index is 0.0516. The van der Waals surface area contributed by atoms with Crippen molar-refractivity contribution in [3.63, 3.8) is 0 Å². The van der Waals surface area contributed by atoms with Crippen LogP contribution in [0.1, 0.15) is 46.7 Å². The SMILES string of the molecule is CCc1ccc(-n2c(C)cc(C=Nc3cccc(C(C)=O)c3)c2C)cc1. The molecule has 0 atom stereocenters. The molecule has 26 heavy (non-hydrogen) atoms. The van der Waals surface area contributed by atoms with Gasteiger partial charge in [0.2, 0.25) is 0 Å². The van der Waals surface area contributed by atoms with E-state index in [0.29, 0.717) is 5.56 Å². The molecule has 3 rings (SSSR count). The van der Waals surface area contributed by atoms with Gasteiger partial charge in [-0.15, -0.1) is 0 Å². The highest BCUT2D eigenvalue weighted by molar-refractivity contribution is 5.95. The molecular weight excluding hydrogens is 320 g/mol. The third-order valence-electron chi connectivity index (χ3n) is 4.68. The molecule has 3 aromatic rings. The number of Topliss-reactive ketones (excluding diaryl/α,β-unsaturated/α-hetero) is 1. The first kappa shape index (κ1) is 17.9. The van der Waals surface area contributed by atoms with Crippen LogP contribution in [0.3, 0.4) is 0 Å². The van der Waals surface area contributed by atoms with Crippen molar-refractivity contribution in [1.82, 2.24) is 4.57 Å². The van der Waals surface area contributed by atoms with Crippen LogP contribution in [-0.4, -0.2) is 16.6 Å². The van der Waals surface area contributed by atoms with Gasteiger partial charge < -0.3 is 4.57 Å². The number of nitrogens with zero attached hydrogens (tertiary/aromatic N) is 2. The molecule has 1 heterocycles. The Hall–Kier alpha value is -2.94. The summed E-state index contributed by atoms with van der Waals surface area (Å²) in [5.41, 5.74) is 7.37. The normalized spacial score (nSPS) is 11.2. The largest absolute Gasteiger partial charge is 0.318 e. The highest BCUT2D eigenvalue weighted by atomic mass is 16.1. The molecule has 3 heteroatoms. The van der Waals surface area contributed by atoms with Gasteiger partial charge in [-0.2, -0.15) is 0 Å². The molecule has 0 saturated heterocycles. The predicted octanol–water partition coefficient (Wildman–Crippen LogP) is 5.61. The Balaban J connectivity index is 1.92. The second kappa shape index (κ2) is 7.52. The van der Waals surface area contributed by atoms with Gasteiger partial charge in [0.15, 0.2) is 5.78 Å². The van der Waals surface area contributed by atoms with E-state index in [1.807, 2.05) is 30.5 Å². The zero-order valence-corrected chi connectivity index (χ0v) is 15.8. The maximum absolute atomic E-state index is 11.5. The third kappa shape index (κ3) is 3.67. The molecule has 0 unspecified atom stereocenters. The molecule has 0 aliphatic heterocycles. The number of benzene rings is 2. The highest BCUT2D eigenvalue weighted by Gasteiger charge is 2.09. The quantitative estimate of drug-likeness (QED) is 0.437. The van der Waals surface area contributed by atoms with Crippen LogP contribution in [0.4, 0.5) is 5.69 Å². The Morgan fingerprint density at radius 2 is 1.81 bits per heavy atom. The van der Waals surface area contributed by atoms with E-state index in [1.54, 1.807) is 6.92 Å². The van der Waals surface area contributed by atoms with Crippen LogP contribution < -0.4 is 0 Å². The van der Waals surface area contributed by atoms with Crippen molar-refractivity contribution < 1.29 is 4.79 Å². The van der Waals surface area contributed by atoms with Gasteiger partial charge in [-0.3, -0.25) is 9.79 Å². The van der Waals surface area contributed by atoms with Gasteiger partial charge in [-0.25, -0.2) is 0 Å². The van der Waals surface area contributed by atoms with E-state index in [0.717, 1.165) is 29.1 Å². The summed E-state index contributed by atoms with van der Waals surface area (Å²) in [6.45, 7) is 7.94. The van der Waals surface area contributed by atoms with Crippen LogP contribution in [0.25, 0.3) is 5.69 Å². The zero-order chi connectivity index (χ0) is 18.7. The zero-order valence-electron chi connectivity index (χ0n) is 15.8. The van der Waals surface area contributed by atoms with Crippen molar-refractivity contribution in [2.24, 2.45) is 4.99 Å². The molecule has 0 bridgehead atoms. The Kier molecular flexibility index (Phi) is 5.17. The highest BCUT2D eigenvalue weighted by Crippen LogP contribution is 2.21. The van der Waals surface area contributed by atoms with Gasteiger partial charge in [0, 0.05) is 34.4 Å². The summed E-state index contributed by atoms with van der Waals surface area (Å²) in [4.78, 5) is 16.1. The fourth-order valence-corrected chi connectivity index (χ4v) is 3.15. The molecule has 0 amide bonds. The van der Waals surface area contributed by atoms with Crippen LogP contribution >= 0.6 is 0 Å². The van der Waals surface area contributed by atoms with E-state index in [1.165, 1.54) is 11.3 Å². The lowest BCUT2D eigenvalue weighted by Gasteiger charge is -2.10. The van der Waals surface area contributed by atoms with Crippen molar-refractivity contribution in [2.75, 3.05) is 0 Å². The van der Waals surface area contributed by atoms with Crippen LogP contribution in [0.15, 0.2) is 59.6 Å². The molecule has 1 aromatic heterocycles. The lowest BCUT2D eigenvalue weighted by Crippen LogP contribution is -1.99. The summed E-state index contributed by atoms with van der Waals surface area (Å²) in [6, 6.07) is 18.2. The average Bonchev–Trinajstić information content (AvgIpc) is 2.94. The fraction of sp³-hybridized carbons (Fsp3) is 0.217. The van der Waals surface area contributed by atoms with E-state index in [9.17, 15) is 4.79 Å². The van der Waals surface area contributed by atoms with E-state index in [4.69, 9.17) is 0 Å². The van der Waals surface area contributed by atoms with Crippen LogP contribution in [0.2, 0.25) is 0 Å². The minimum absolute atomic E-state index is 0.0516. The molecule has 132 valence electrons. The summed E-state index contributed by atoms with van der Waals surface area (Å²) < 4.78 is 2.24. The van der Waals surface area contributed by atoms with Gasteiger partial charge >= 0.3 is 0 Å². The van der Waals surface area contributed by atoms with Crippen LogP contribution in [0, 0.1) is 13.8 Å². The maximum Gasteiger partial charge on any atom is 0.159 e. The van der Waals surface area contributed by atoms with Crippen LogP contribution in [-0.2, 0) is 6.42 Å². The van der Waals surface area contributed by atoms with E-state index in [-0.39, 0.29) is 5.78 Å². The first-order chi connectivity index (χ1) is 12.5. The van der Waals surface area contributed by atoms with Gasteiger partial charge in [0.1, 0.15) is 0 Å². The number of carbonyl (C=O) groups is 1. The van der Waals surface area contributed by atoms with Crippen molar-refractivity contribution in [1.29, 1.82) is 0 Å². The molecule has 0 N–H and O–H groups in total. The topological polar surface area (TPSA) is 34.4 Å². The standard InChI is InChI=1S/C23H24N2O/c1-5-19-9-11-23(12-10-19)25-16(2)13-21(17(25)3)15-24-22-8-6-7-20(14-22)18(4)26/h6-15H,5H2,1-4H3. The molecule has 0 fully saturated rings. The van der Waals surface area contributed by atoms with Crippen molar-refractivity contribution in [3.05, 3.63) is 82.7 Å². The maximum atomic E-state index is 11.5. The molecule has 0 aliphatic carbocycles. The molecule has 3 nitrogen and oxygen atoms in total. The lowest BCUT2D eigenvalue weighted by atomic mass is 10.1. The molecule has 0 spiro atoms. The second-order valence-electron chi connectivity index (χ2n) is 6.55. The number of hydrogen-bond acceptors (Lipinski definition) is 2. The fourth-order valence-electron chi connectivity index (χ4n) is 3.15. The number of aliphatic imine (C=N–C) groups is 1. The Labute approximate surface area is 155 Å². The van der Waals surface area contributed by atoms with Crippen molar-refractivity contribution in [2.45, 2.75) is 34.1 Å². The molecule has 0 saturated carbocycles. The molecular formula is C23H24N2O. The summed E-state index contributed by atoms with van der Waals surface area (Å²) in [7, 11) is 0. The number of ketones is 1. The number of rotatable bonds is 5. The van der Waals surface area contributed by atoms with E-state index in [2.05, 4.69) is 60.7 Å². The number of aryl methyl sites for hydroxylation is 2. The molecule has 2 aromatic carbocycles. The summed E-state index contributed by atoms with van der Waals surface area (Å²) in [6.07, 6.45) is 2.92. The van der Waals surface area contributed by atoms with Gasteiger partial charge in [0.05, 0.1) is 5.69 Å². The minimum Gasteiger partial charge on any atom is -0.318 e. The Bertz CT molecular complexity index is 962. The van der Waals surface area contributed by atoms with E-state index < -0.39 is 0 Å². The predicted molar refractivity (Wildman–Crippen MR) is 108 cm³/mol. The first-order valence-corrected chi connectivity index (χ1v) is 8.93. The third-order valence-corrected chi connectivity index (χ3v) is 4.68. The average molecular weight is 344 g/mol. The smallest absolute Gasteiger partial charge is 0.159 e. The summed E-state index contributed by atoms with van der Waals surface area (Å²) >= 11 is 0. The Morgan fingerprint density at radius 1 is 1.08 bits per heavy atom. The molecule has 0 radical (unpaired) electrons. The second-order valence-corrected chi connectivity index (χ2v) is 6.55. The van der Waals surface area contributed by atoms with Gasteiger partial charge in [0.25, 0.3) is 0 Å². The van der Waals surface area contributed by atoms with Crippen molar-refractivity contribution >= 4 is 17.7 Å². The monoisotopic (exact) mass is 344 g/mol. The first-order valence-electron chi connectivity index (χ1n) is 8.93.